The Kier molecular flexibility index (Phi) is 5.92. The second-order valence-electron chi connectivity index (χ2n) is 3.11. The molecule has 0 radical (unpaired) electrons. The fourth-order valence-electron chi connectivity index (χ4n) is 1.54. The molecular weight excluding hydrogens is 160 g/mol. The van der Waals surface area contributed by atoms with Gasteiger partial charge >= 0.3 is 0 Å². The van der Waals surface area contributed by atoms with Gasteiger partial charge in [-0.15, -0.1) is 12.4 Å². The lowest BCUT2D eigenvalue weighted by Crippen LogP contribution is -2.35. The summed E-state index contributed by atoms with van der Waals surface area (Å²) in [5.74, 6) is 0.808. The number of hydrogen-bond acceptors (Lipinski definition) is 2. The minimum Gasteiger partial charge on any atom is -0.330 e. The van der Waals surface area contributed by atoms with Crippen molar-refractivity contribution in [2.45, 2.75) is 19.8 Å². The first-order chi connectivity index (χ1) is 4.86. The van der Waals surface area contributed by atoms with Gasteiger partial charge in [-0.25, -0.2) is 0 Å². The quantitative estimate of drug-likeness (QED) is 0.687. The van der Waals surface area contributed by atoms with E-state index in [1.165, 1.54) is 32.5 Å². The van der Waals surface area contributed by atoms with Gasteiger partial charge in [0.2, 0.25) is 0 Å². The lowest BCUT2D eigenvalue weighted by molar-refractivity contribution is 0.196. The first-order valence-electron chi connectivity index (χ1n) is 4.29. The van der Waals surface area contributed by atoms with Crippen molar-refractivity contribution in [3.8, 4) is 0 Å². The topological polar surface area (TPSA) is 29.3 Å². The highest BCUT2D eigenvalue weighted by atomic mass is 35.5. The van der Waals surface area contributed by atoms with E-state index in [4.69, 9.17) is 5.73 Å². The van der Waals surface area contributed by atoms with Crippen LogP contribution < -0.4 is 5.73 Å². The van der Waals surface area contributed by atoms with Crippen LogP contribution in [0, 0.1) is 5.92 Å². The third kappa shape index (κ3) is 3.41. The standard InChI is InChI=1S/C8H18N2.ClH/c1-2-10-5-3-8(7-9)4-6-10;/h8H,2-7,9H2,1H3;1H. The van der Waals surface area contributed by atoms with Crippen molar-refractivity contribution < 1.29 is 0 Å². The predicted molar refractivity (Wildman–Crippen MR) is 51.1 cm³/mol. The first-order valence-corrected chi connectivity index (χ1v) is 4.29. The fraction of sp³-hybridized carbons (Fsp3) is 1.00. The first kappa shape index (κ1) is 11.2. The molecule has 0 aliphatic carbocycles. The molecule has 2 N–H and O–H groups in total. The summed E-state index contributed by atoms with van der Waals surface area (Å²) in [6, 6.07) is 0. The number of piperidine rings is 1. The van der Waals surface area contributed by atoms with Gasteiger partial charge in [-0.3, -0.25) is 0 Å². The number of halogens is 1. The third-order valence-corrected chi connectivity index (χ3v) is 2.49. The summed E-state index contributed by atoms with van der Waals surface area (Å²) in [4.78, 5) is 2.49. The molecule has 0 atom stereocenters. The SMILES string of the molecule is CCN1CCC(CN)CC1.Cl. The van der Waals surface area contributed by atoms with Gasteiger partial charge in [-0.05, 0) is 44.9 Å². The molecule has 0 aromatic rings. The fourth-order valence-corrected chi connectivity index (χ4v) is 1.54. The van der Waals surface area contributed by atoms with Crippen LogP contribution in [0.25, 0.3) is 0 Å². The van der Waals surface area contributed by atoms with Crippen molar-refractivity contribution in [2.24, 2.45) is 11.7 Å². The summed E-state index contributed by atoms with van der Waals surface area (Å²) in [5.41, 5.74) is 5.57. The maximum absolute atomic E-state index is 5.57. The van der Waals surface area contributed by atoms with Crippen LogP contribution >= 0.6 is 12.4 Å². The zero-order valence-corrected chi connectivity index (χ0v) is 8.07. The molecule has 1 aliphatic heterocycles. The van der Waals surface area contributed by atoms with E-state index in [1.54, 1.807) is 0 Å². The lowest BCUT2D eigenvalue weighted by atomic mass is 9.97. The highest BCUT2D eigenvalue weighted by Crippen LogP contribution is 2.14. The van der Waals surface area contributed by atoms with E-state index in [9.17, 15) is 0 Å². The zero-order chi connectivity index (χ0) is 7.40. The maximum Gasteiger partial charge on any atom is -0.00157 e. The van der Waals surface area contributed by atoms with Crippen molar-refractivity contribution in [3.05, 3.63) is 0 Å². The Hall–Kier alpha value is 0.210. The second kappa shape index (κ2) is 5.81. The Morgan fingerprint density at radius 2 is 1.91 bits per heavy atom. The van der Waals surface area contributed by atoms with Crippen LogP contribution in [0.5, 0.6) is 0 Å². The van der Waals surface area contributed by atoms with Gasteiger partial charge in [0.05, 0.1) is 0 Å². The summed E-state index contributed by atoms with van der Waals surface area (Å²) in [5, 5.41) is 0. The molecule has 0 aromatic heterocycles. The summed E-state index contributed by atoms with van der Waals surface area (Å²) in [6.07, 6.45) is 2.62. The minimum atomic E-state index is 0. The van der Waals surface area contributed by atoms with E-state index in [0.717, 1.165) is 12.5 Å². The van der Waals surface area contributed by atoms with Crippen LogP contribution in [-0.4, -0.2) is 31.1 Å². The molecule has 0 saturated carbocycles. The van der Waals surface area contributed by atoms with Gasteiger partial charge < -0.3 is 10.6 Å². The minimum absolute atomic E-state index is 0. The summed E-state index contributed by atoms with van der Waals surface area (Å²) in [6.45, 7) is 6.84. The molecule has 2 nitrogen and oxygen atoms in total. The van der Waals surface area contributed by atoms with E-state index < -0.39 is 0 Å². The van der Waals surface area contributed by atoms with Crippen molar-refractivity contribution in [1.29, 1.82) is 0 Å². The summed E-state index contributed by atoms with van der Waals surface area (Å²) < 4.78 is 0. The van der Waals surface area contributed by atoms with Crippen molar-refractivity contribution in [1.82, 2.24) is 4.90 Å². The highest BCUT2D eigenvalue weighted by molar-refractivity contribution is 5.85. The van der Waals surface area contributed by atoms with Gasteiger partial charge in [0, 0.05) is 0 Å². The van der Waals surface area contributed by atoms with E-state index in [-0.39, 0.29) is 12.4 Å². The lowest BCUT2D eigenvalue weighted by Gasteiger charge is -2.30. The molecule has 68 valence electrons. The Balaban J connectivity index is 0.000001000. The van der Waals surface area contributed by atoms with Crippen LogP contribution in [0.15, 0.2) is 0 Å². The van der Waals surface area contributed by atoms with Crippen LogP contribution in [0.2, 0.25) is 0 Å². The van der Waals surface area contributed by atoms with Crippen molar-refractivity contribution >= 4 is 12.4 Å². The van der Waals surface area contributed by atoms with E-state index in [2.05, 4.69) is 11.8 Å². The largest absolute Gasteiger partial charge is 0.330 e. The maximum atomic E-state index is 5.57. The third-order valence-electron chi connectivity index (χ3n) is 2.49. The van der Waals surface area contributed by atoms with Gasteiger partial charge in [-0.1, -0.05) is 6.92 Å². The zero-order valence-electron chi connectivity index (χ0n) is 7.25. The molecule has 0 spiro atoms. The van der Waals surface area contributed by atoms with Crippen LogP contribution in [0.1, 0.15) is 19.8 Å². The van der Waals surface area contributed by atoms with E-state index in [1.807, 2.05) is 0 Å². The van der Waals surface area contributed by atoms with Gasteiger partial charge in [0.25, 0.3) is 0 Å². The van der Waals surface area contributed by atoms with Gasteiger partial charge in [0.1, 0.15) is 0 Å². The molecule has 1 rings (SSSR count). The number of likely N-dealkylation sites (tertiary alicyclic amines) is 1. The number of hydrogen-bond donors (Lipinski definition) is 1. The molecule has 1 heterocycles. The molecule has 0 unspecified atom stereocenters. The highest BCUT2D eigenvalue weighted by Gasteiger charge is 2.15. The molecular formula is C8H19ClN2. The monoisotopic (exact) mass is 178 g/mol. The smallest absolute Gasteiger partial charge is 0.00157 e. The Labute approximate surface area is 75.5 Å². The van der Waals surface area contributed by atoms with Crippen LogP contribution in [0.3, 0.4) is 0 Å². The molecule has 0 aromatic carbocycles. The normalized spacial score (nSPS) is 21.3. The van der Waals surface area contributed by atoms with Crippen LogP contribution in [-0.2, 0) is 0 Å². The average molecular weight is 179 g/mol. The predicted octanol–water partition coefficient (Wildman–Crippen LogP) is 1.10. The van der Waals surface area contributed by atoms with Crippen molar-refractivity contribution in [2.75, 3.05) is 26.2 Å². The van der Waals surface area contributed by atoms with E-state index in [0.29, 0.717) is 0 Å². The Morgan fingerprint density at radius 1 is 1.36 bits per heavy atom. The number of nitrogens with two attached hydrogens (primary N) is 1. The van der Waals surface area contributed by atoms with Crippen molar-refractivity contribution in [3.63, 3.8) is 0 Å². The Bertz CT molecular complexity index is 78.1. The summed E-state index contributed by atoms with van der Waals surface area (Å²) >= 11 is 0. The molecule has 1 fully saturated rings. The van der Waals surface area contributed by atoms with Gasteiger partial charge in [0.15, 0.2) is 0 Å². The Morgan fingerprint density at radius 3 is 2.27 bits per heavy atom. The number of nitrogens with zero attached hydrogens (tertiary/aromatic N) is 1. The molecule has 0 amide bonds. The molecule has 11 heavy (non-hydrogen) atoms. The van der Waals surface area contributed by atoms with E-state index >= 15 is 0 Å². The van der Waals surface area contributed by atoms with Gasteiger partial charge in [-0.2, -0.15) is 0 Å². The molecule has 3 heteroatoms. The second-order valence-corrected chi connectivity index (χ2v) is 3.11. The molecule has 1 saturated heterocycles. The van der Waals surface area contributed by atoms with Crippen LogP contribution in [0.4, 0.5) is 0 Å². The molecule has 0 bridgehead atoms. The average Bonchev–Trinajstić information content (AvgIpc) is 2.05. The number of rotatable bonds is 2. The molecule has 1 aliphatic rings. The summed E-state index contributed by atoms with van der Waals surface area (Å²) in [7, 11) is 0.